The van der Waals surface area contributed by atoms with Crippen LogP contribution in [0.15, 0.2) is 18.2 Å². The van der Waals surface area contributed by atoms with Gasteiger partial charge in [0.05, 0.1) is 0 Å². The zero-order valence-electron chi connectivity index (χ0n) is 8.73. The number of rotatable bonds is 2. The topological polar surface area (TPSA) is 12.0 Å². The summed E-state index contributed by atoms with van der Waals surface area (Å²) in [5.41, 5.74) is 2.58. The van der Waals surface area contributed by atoms with Gasteiger partial charge >= 0.3 is 0 Å². The number of hydrogen-bond donors (Lipinski definition) is 1. The number of benzene rings is 1. The molecule has 0 bridgehead atoms. The van der Waals surface area contributed by atoms with Crippen LogP contribution >= 0.6 is 0 Å². The Balaban J connectivity index is 2.23. The SMILES string of the molecule is Cc1cccc(C)c1CC1(F)CNC1. The first-order valence-corrected chi connectivity index (χ1v) is 5.05. The number of aryl methyl sites for hydroxylation is 2. The monoisotopic (exact) mass is 193 g/mol. The molecule has 1 heterocycles. The Labute approximate surface area is 84.3 Å². The first-order valence-electron chi connectivity index (χ1n) is 5.05. The first kappa shape index (κ1) is 9.66. The first-order chi connectivity index (χ1) is 6.61. The van der Waals surface area contributed by atoms with Crippen molar-refractivity contribution in [2.24, 2.45) is 0 Å². The summed E-state index contributed by atoms with van der Waals surface area (Å²) in [6.07, 6.45) is 0.554. The van der Waals surface area contributed by atoms with Crippen molar-refractivity contribution in [1.29, 1.82) is 0 Å². The van der Waals surface area contributed by atoms with Crippen molar-refractivity contribution in [3.63, 3.8) is 0 Å². The molecule has 1 fully saturated rings. The van der Waals surface area contributed by atoms with Crippen molar-refractivity contribution in [2.75, 3.05) is 13.1 Å². The third-order valence-corrected chi connectivity index (χ3v) is 3.02. The second-order valence-corrected chi connectivity index (χ2v) is 4.30. The molecule has 1 N–H and O–H groups in total. The third kappa shape index (κ3) is 1.67. The summed E-state index contributed by atoms with van der Waals surface area (Å²) >= 11 is 0. The number of hydrogen-bond acceptors (Lipinski definition) is 1. The summed E-state index contributed by atoms with van der Waals surface area (Å²) in [6, 6.07) is 6.13. The standard InChI is InChI=1S/C12H16FN/c1-9-4-3-5-10(2)11(9)6-12(13)7-14-8-12/h3-5,14H,6-8H2,1-2H3. The van der Waals surface area contributed by atoms with Crippen LogP contribution in [-0.2, 0) is 6.42 Å². The summed E-state index contributed by atoms with van der Waals surface area (Å²) in [4.78, 5) is 0. The molecule has 0 amide bonds. The van der Waals surface area contributed by atoms with Crippen molar-refractivity contribution in [1.82, 2.24) is 5.32 Å². The Morgan fingerprint density at radius 3 is 2.29 bits per heavy atom. The van der Waals surface area contributed by atoms with E-state index in [0.29, 0.717) is 19.5 Å². The molecule has 0 atom stereocenters. The molecular formula is C12H16FN. The Morgan fingerprint density at radius 1 is 1.29 bits per heavy atom. The Bertz CT molecular complexity index is 322. The number of halogens is 1. The number of nitrogens with one attached hydrogen (secondary N) is 1. The van der Waals surface area contributed by atoms with E-state index in [1.165, 1.54) is 16.7 Å². The molecule has 1 aromatic carbocycles. The van der Waals surface area contributed by atoms with Gasteiger partial charge in [-0.15, -0.1) is 0 Å². The van der Waals surface area contributed by atoms with Crippen LogP contribution in [0.3, 0.4) is 0 Å². The lowest BCUT2D eigenvalue weighted by atomic mass is 9.87. The van der Waals surface area contributed by atoms with E-state index >= 15 is 0 Å². The van der Waals surface area contributed by atoms with Gasteiger partial charge in [0, 0.05) is 19.5 Å². The maximum atomic E-state index is 13.9. The second-order valence-electron chi connectivity index (χ2n) is 4.30. The third-order valence-electron chi connectivity index (χ3n) is 3.02. The van der Waals surface area contributed by atoms with Crippen LogP contribution in [0.25, 0.3) is 0 Å². The fourth-order valence-corrected chi connectivity index (χ4v) is 1.97. The van der Waals surface area contributed by atoms with Gasteiger partial charge in [0.25, 0.3) is 0 Å². The summed E-state index contributed by atoms with van der Waals surface area (Å²) in [5.74, 6) is 0. The van der Waals surface area contributed by atoms with Gasteiger partial charge in [-0.05, 0) is 30.5 Å². The predicted molar refractivity (Wildman–Crippen MR) is 56.3 cm³/mol. The maximum absolute atomic E-state index is 13.9. The lowest BCUT2D eigenvalue weighted by molar-refractivity contribution is 0.0908. The fourth-order valence-electron chi connectivity index (χ4n) is 1.97. The highest BCUT2D eigenvalue weighted by atomic mass is 19.1. The van der Waals surface area contributed by atoms with E-state index in [4.69, 9.17) is 0 Å². The van der Waals surface area contributed by atoms with Crippen LogP contribution < -0.4 is 5.32 Å². The molecule has 2 rings (SSSR count). The van der Waals surface area contributed by atoms with Crippen LogP contribution in [0.1, 0.15) is 16.7 Å². The quantitative estimate of drug-likeness (QED) is 0.759. The number of alkyl halides is 1. The second kappa shape index (κ2) is 3.35. The van der Waals surface area contributed by atoms with E-state index in [1.54, 1.807) is 0 Å². The molecule has 2 heteroatoms. The van der Waals surface area contributed by atoms with E-state index in [-0.39, 0.29) is 0 Å². The predicted octanol–water partition coefficient (Wildman–Crippen LogP) is 2.16. The Hall–Kier alpha value is -0.890. The van der Waals surface area contributed by atoms with Gasteiger partial charge in [-0.1, -0.05) is 18.2 Å². The zero-order valence-corrected chi connectivity index (χ0v) is 8.73. The van der Waals surface area contributed by atoms with Gasteiger partial charge in [-0.25, -0.2) is 4.39 Å². The van der Waals surface area contributed by atoms with E-state index in [9.17, 15) is 4.39 Å². The largest absolute Gasteiger partial charge is 0.310 e. The summed E-state index contributed by atoms with van der Waals surface area (Å²) < 4.78 is 13.9. The van der Waals surface area contributed by atoms with Crippen molar-refractivity contribution < 1.29 is 4.39 Å². The van der Waals surface area contributed by atoms with E-state index in [2.05, 4.69) is 31.3 Å². The lowest BCUT2D eigenvalue weighted by Gasteiger charge is -2.35. The highest BCUT2D eigenvalue weighted by molar-refractivity contribution is 5.35. The van der Waals surface area contributed by atoms with Crippen molar-refractivity contribution in [3.05, 3.63) is 34.9 Å². The summed E-state index contributed by atoms with van der Waals surface area (Å²) in [5, 5.41) is 2.99. The van der Waals surface area contributed by atoms with Crippen LogP contribution in [0.5, 0.6) is 0 Å². The molecule has 0 aromatic heterocycles. The van der Waals surface area contributed by atoms with Gasteiger partial charge in [-0.2, -0.15) is 0 Å². The molecule has 1 aliphatic rings. The van der Waals surface area contributed by atoms with Gasteiger partial charge in [0.2, 0.25) is 0 Å². The molecule has 0 radical (unpaired) electrons. The normalized spacial score (nSPS) is 19.1. The molecule has 0 aliphatic carbocycles. The minimum atomic E-state index is -1.00. The molecular weight excluding hydrogens is 177 g/mol. The molecule has 76 valence electrons. The van der Waals surface area contributed by atoms with Gasteiger partial charge in [0.1, 0.15) is 5.67 Å². The highest BCUT2D eigenvalue weighted by Gasteiger charge is 2.37. The maximum Gasteiger partial charge on any atom is 0.139 e. The van der Waals surface area contributed by atoms with E-state index < -0.39 is 5.67 Å². The van der Waals surface area contributed by atoms with Gasteiger partial charge in [-0.3, -0.25) is 0 Å². The molecule has 0 spiro atoms. The van der Waals surface area contributed by atoms with Crippen molar-refractivity contribution >= 4 is 0 Å². The van der Waals surface area contributed by atoms with Crippen LogP contribution in [0.2, 0.25) is 0 Å². The fraction of sp³-hybridized carbons (Fsp3) is 0.500. The molecule has 14 heavy (non-hydrogen) atoms. The van der Waals surface area contributed by atoms with E-state index in [0.717, 1.165) is 0 Å². The van der Waals surface area contributed by atoms with Crippen LogP contribution in [-0.4, -0.2) is 18.8 Å². The molecule has 1 aliphatic heterocycles. The van der Waals surface area contributed by atoms with Gasteiger partial charge in [0.15, 0.2) is 0 Å². The molecule has 1 aromatic rings. The van der Waals surface area contributed by atoms with E-state index in [1.807, 2.05) is 6.07 Å². The highest BCUT2D eigenvalue weighted by Crippen LogP contribution is 2.26. The Morgan fingerprint density at radius 2 is 1.86 bits per heavy atom. The minimum Gasteiger partial charge on any atom is -0.310 e. The van der Waals surface area contributed by atoms with Crippen molar-refractivity contribution in [3.8, 4) is 0 Å². The van der Waals surface area contributed by atoms with Crippen LogP contribution in [0.4, 0.5) is 4.39 Å². The minimum absolute atomic E-state index is 0.501. The molecule has 1 saturated heterocycles. The molecule has 0 saturated carbocycles. The summed E-state index contributed by atoms with van der Waals surface area (Å²) in [6.45, 7) is 5.11. The van der Waals surface area contributed by atoms with Crippen LogP contribution in [0, 0.1) is 13.8 Å². The smallest absolute Gasteiger partial charge is 0.139 e. The van der Waals surface area contributed by atoms with Gasteiger partial charge < -0.3 is 5.32 Å². The summed E-state index contributed by atoms with van der Waals surface area (Å²) in [7, 11) is 0. The average molecular weight is 193 g/mol. The Kier molecular flexibility index (Phi) is 2.31. The lowest BCUT2D eigenvalue weighted by Crippen LogP contribution is -2.57. The van der Waals surface area contributed by atoms with Crippen molar-refractivity contribution in [2.45, 2.75) is 25.9 Å². The molecule has 0 unspecified atom stereocenters. The zero-order chi connectivity index (χ0) is 10.2. The average Bonchev–Trinajstić information content (AvgIpc) is 2.09. The molecule has 1 nitrogen and oxygen atoms in total.